The topological polar surface area (TPSA) is 90.0 Å². The van der Waals surface area contributed by atoms with Gasteiger partial charge in [-0.15, -0.1) is 15.3 Å². The van der Waals surface area contributed by atoms with E-state index in [9.17, 15) is 9.18 Å². The van der Waals surface area contributed by atoms with Crippen molar-refractivity contribution >= 4 is 29.0 Å². The largest absolute Gasteiger partial charge is 0.310 e. The maximum atomic E-state index is 14.6. The molecule has 0 aliphatic carbocycles. The molecule has 1 aliphatic heterocycles. The number of halogens is 2. The van der Waals surface area contributed by atoms with Crippen LogP contribution in [0, 0.1) is 12.7 Å². The Hall–Kier alpha value is -3.33. The third kappa shape index (κ3) is 2.47. The van der Waals surface area contributed by atoms with Crippen LogP contribution in [0.15, 0.2) is 36.7 Å². The summed E-state index contributed by atoms with van der Waals surface area (Å²) in [4.78, 5) is 12.4. The molecule has 3 aromatic heterocycles. The summed E-state index contributed by atoms with van der Waals surface area (Å²) in [5, 5.41) is 19.8. The van der Waals surface area contributed by atoms with E-state index >= 15 is 0 Å². The van der Waals surface area contributed by atoms with Gasteiger partial charge in [-0.05, 0) is 31.2 Å². The van der Waals surface area contributed by atoms with Gasteiger partial charge in [-0.1, -0.05) is 17.7 Å². The van der Waals surface area contributed by atoms with Gasteiger partial charge in [-0.25, -0.2) is 4.39 Å². The van der Waals surface area contributed by atoms with E-state index in [2.05, 4.69) is 25.7 Å². The lowest BCUT2D eigenvalue weighted by molar-refractivity contribution is -0.116. The first kappa shape index (κ1) is 16.8. The molecular weight excluding hydrogens is 385 g/mol. The number of aryl methyl sites for hydroxylation is 1. The number of carbonyl (C=O) groups is 1. The Morgan fingerprint density at radius 2 is 2.07 bits per heavy atom. The minimum atomic E-state index is -0.537. The number of rotatable bonds is 2. The normalized spacial score (nSPS) is 16.2. The Balaban J connectivity index is 1.71. The molecule has 5 rings (SSSR count). The van der Waals surface area contributed by atoms with Crippen LogP contribution in [-0.2, 0) is 4.79 Å². The lowest BCUT2D eigenvalue weighted by Gasteiger charge is -2.25. The SMILES string of the molecule is Cc1nn(-c2ccc3nncn3n2)c2c1[C@@H](c1c(F)cccc1Cl)CC(=O)N2. The second-order valence-corrected chi connectivity index (χ2v) is 6.93. The number of hydrogen-bond acceptors (Lipinski definition) is 5. The molecule has 0 spiro atoms. The first-order valence-corrected chi connectivity index (χ1v) is 8.91. The second-order valence-electron chi connectivity index (χ2n) is 6.52. The van der Waals surface area contributed by atoms with E-state index in [1.807, 2.05) is 6.92 Å². The van der Waals surface area contributed by atoms with Crippen molar-refractivity contribution in [2.24, 2.45) is 0 Å². The van der Waals surface area contributed by atoms with Gasteiger partial charge < -0.3 is 5.32 Å². The van der Waals surface area contributed by atoms with Crippen LogP contribution in [0.5, 0.6) is 0 Å². The van der Waals surface area contributed by atoms with Gasteiger partial charge in [0.2, 0.25) is 5.91 Å². The number of nitrogens with one attached hydrogen (secondary N) is 1. The Bertz CT molecular complexity index is 1230. The van der Waals surface area contributed by atoms with Crippen molar-refractivity contribution in [1.82, 2.24) is 29.6 Å². The van der Waals surface area contributed by atoms with E-state index in [0.29, 0.717) is 28.5 Å². The van der Waals surface area contributed by atoms with Gasteiger partial charge in [0.25, 0.3) is 0 Å². The molecule has 0 unspecified atom stereocenters. The van der Waals surface area contributed by atoms with Crippen molar-refractivity contribution in [3.8, 4) is 5.82 Å². The van der Waals surface area contributed by atoms with Crippen LogP contribution in [0.2, 0.25) is 5.02 Å². The number of aromatic nitrogens is 6. The summed E-state index contributed by atoms with van der Waals surface area (Å²) in [7, 11) is 0. The highest BCUT2D eigenvalue weighted by atomic mass is 35.5. The molecule has 4 aromatic rings. The standard InChI is InChI=1S/C18H13ClFN7O/c1-9-16-10(17-11(19)3-2-4-12(17)20)7-15(28)22-18(16)27(24-9)14-6-5-13-23-21-8-26(13)25-14/h2-6,8,10H,7H2,1H3,(H,22,28)/t10-/m0/s1. The van der Waals surface area contributed by atoms with Crippen LogP contribution in [0.3, 0.4) is 0 Å². The summed E-state index contributed by atoms with van der Waals surface area (Å²) in [5.41, 5.74) is 2.26. The fraction of sp³-hybridized carbons (Fsp3) is 0.167. The van der Waals surface area contributed by atoms with E-state index in [0.717, 1.165) is 5.56 Å². The van der Waals surface area contributed by atoms with Gasteiger partial charge in [0.05, 0.1) is 5.69 Å². The third-order valence-corrected chi connectivity index (χ3v) is 5.14. The maximum Gasteiger partial charge on any atom is 0.226 e. The van der Waals surface area contributed by atoms with E-state index < -0.39 is 11.7 Å². The van der Waals surface area contributed by atoms with Crippen LogP contribution < -0.4 is 5.32 Å². The summed E-state index contributed by atoms with van der Waals surface area (Å²) in [6, 6.07) is 7.97. The molecule has 0 bridgehead atoms. The molecule has 1 aliphatic rings. The van der Waals surface area contributed by atoms with Crippen LogP contribution in [0.1, 0.15) is 29.2 Å². The maximum absolute atomic E-state index is 14.6. The zero-order chi connectivity index (χ0) is 19.4. The highest BCUT2D eigenvalue weighted by molar-refractivity contribution is 6.31. The first-order chi connectivity index (χ1) is 13.5. The van der Waals surface area contributed by atoms with E-state index in [4.69, 9.17) is 11.6 Å². The predicted molar refractivity (Wildman–Crippen MR) is 99.1 cm³/mol. The molecule has 1 aromatic carbocycles. The van der Waals surface area contributed by atoms with Crippen LogP contribution in [-0.4, -0.2) is 35.5 Å². The highest BCUT2D eigenvalue weighted by Gasteiger charge is 2.35. The Kier molecular flexibility index (Phi) is 3.66. The minimum Gasteiger partial charge on any atom is -0.310 e. The smallest absolute Gasteiger partial charge is 0.226 e. The van der Waals surface area contributed by atoms with Gasteiger partial charge in [0.15, 0.2) is 11.5 Å². The van der Waals surface area contributed by atoms with Crippen LogP contribution in [0.4, 0.5) is 10.2 Å². The van der Waals surface area contributed by atoms with Gasteiger partial charge >= 0.3 is 0 Å². The molecule has 28 heavy (non-hydrogen) atoms. The van der Waals surface area contributed by atoms with E-state index in [-0.39, 0.29) is 17.4 Å². The number of carbonyl (C=O) groups excluding carboxylic acids is 1. The average Bonchev–Trinajstić information content (AvgIpc) is 3.25. The molecule has 0 fully saturated rings. The highest BCUT2D eigenvalue weighted by Crippen LogP contribution is 2.43. The van der Waals surface area contributed by atoms with Crippen molar-refractivity contribution in [3.63, 3.8) is 0 Å². The third-order valence-electron chi connectivity index (χ3n) is 4.82. The average molecular weight is 398 g/mol. The zero-order valence-electron chi connectivity index (χ0n) is 14.6. The lowest BCUT2D eigenvalue weighted by atomic mass is 9.85. The molecule has 0 saturated carbocycles. The molecule has 1 N–H and O–H groups in total. The Morgan fingerprint density at radius 1 is 1.21 bits per heavy atom. The van der Waals surface area contributed by atoms with Crippen molar-refractivity contribution in [1.29, 1.82) is 0 Å². The minimum absolute atomic E-state index is 0.0814. The number of nitrogens with zero attached hydrogens (tertiary/aromatic N) is 6. The number of benzene rings is 1. The first-order valence-electron chi connectivity index (χ1n) is 8.53. The molecule has 4 heterocycles. The molecule has 10 heteroatoms. The molecular formula is C18H13ClFN7O. The molecule has 1 atom stereocenters. The van der Waals surface area contributed by atoms with Crippen molar-refractivity contribution in [3.05, 3.63) is 64.3 Å². The van der Waals surface area contributed by atoms with Gasteiger partial charge in [-0.3, -0.25) is 4.79 Å². The Morgan fingerprint density at radius 3 is 2.89 bits per heavy atom. The van der Waals surface area contributed by atoms with Gasteiger partial charge in [0, 0.05) is 28.5 Å². The van der Waals surface area contributed by atoms with Crippen LogP contribution in [0.25, 0.3) is 11.5 Å². The summed E-state index contributed by atoms with van der Waals surface area (Å²) in [5.74, 6) is -0.308. The van der Waals surface area contributed by atoms with Crippen molar-refractivity contribution in [2.45, 2.75) is 19.3 Å². The molecule has 8 nitrogen and oxygen atoms in total. The molecule has 1 amide bonds. The van der Waals surface area contributed by atoms with Crippen molar-refractivity contribution in [2.75, 3.05) is 5.32 Å². The number of fused-ring (bicyclic) bond motifs is 2. The van der Waals surface area contributed by atoms with Crippen LogP contribution >= 0.6 is 11.6 Å². The van der Waals surface area contributed by atoms with Crippen molar-refractivity contribution < 1.29 is 9.18 Å². The zero-order valence-corrected chi connectivity index (χ0v) is 15.4. The van der Waals surface area contributed by atoms with Gasteiger partial charge in [0.1, 0.15) is 18.0 Å². The fourth-order valence-corrected chi connectivity index (χ4v) is 3.93. The molecule has 140 valence electrons. The summed E-state index contributed by atoms with van der Waals surface area (Å²) < 4.78 is 17.6. The molecule has 0 radical (unpaired) electrons. The van der Waals surface area contributed by atoms with Gasteiger partial charge in [-0.2, -0.15) is 14.3 Å². The summed E-state index contributed by atoms with van der Waals surface area (Å²) in [6.07, 6.45) is 1.56. The second kappa shape index (κ2) is 6.10. The predicted octanol–water partition coefficient (Wildman–Crippen LogP) is 2.89. The molecule has 0 saturated heterocycles. The van der Waals surface area contributed by atoms with E-state index in [1.165, 1.54) is 21.6 Å². The Labute approximate surface area is 163 Å². The fourth-order valence-electron chi connectivity index (χ4n) is 3.63. The number of hydrogen-bond donors (Lipinski definition) is 1. The summed E-state index contributed by atoms with van der Waals surface area (Å²) >= 11 is 6.28. The number of anilines is 1. The quantitative estimate of drug-likeness (QED) is 0.561. The van der Waals surface area contributed by atoms with E-state index in [1.54, 1.807) is 24.3 Å². The summed E-state index contributed by atoms with van der Waals surface area (Å²) in [6.45, 7) is 1.81. The number of amides is 1. The monoisotopic (exact) mass is 397 g/mol. The lowest BCUT2D eigenvalue weighted by Crippen LogP contribution is -2.25.